The second kappa shape index (κ2) is 5.83. The molecule has 16 heavy (non-hydrogen) atoms. The van der Waals surface area contributed by atoms with Gasteiger partial charge in [-0.3, -0.25) is 0 Å². The van der Waals surface area contributed by atoms with Gasteiger partial charge in [-0.15, -0.1) is 0 Å². The Balaban J connectivity index is 2.36. The van der Waals surface area contributed by atoms with E-state index in [1.807, 2.05) is 0 Å². The third kappa shape index (κ3) is 2.67. The molecule has 0 radical (unpaired) electrons. The van der Waals surface area contributed by atoms with Crippen LogP contribution in [-0.2, 0) is 6.42 Å². The lowest BCUT2D eigenvalue weighted by molar-refractivity contribution is 0.683. The monoisotopic (exact) mass is 340 g/mol. The summed E-state index contributed by atoms with van der Waals surface area (Å²) in [5.74, 6) is 0.658. The molecule has 2 aromatic rings. The molecule has 0 atom stereocenters. The maximum absolute atomic E-state index is 3.57. The Morgan fingerprint density at radius 1 is 0.875 bits per heavy atom. The fourth-order valence-corrected chi connectivity index (χ4v) is 3.46. The SMILES string of the molecule is BrCC(CBr)Cc1cccc2ccccc12. The topological polar surface area (TPSA) is 0 Å². The predicted octanol–water partition coefficient (Wildman–Crippen LogP) is 4.79. The smallest absolute Gasteiger partial charge is 0.00708 e. The van der Waals surface area contributed by atoms with Gasteiger partial charge in [-0.2, -0.15) is 0 Å². The van der Waals surface area contributed by atoms with E-state index >= 15 is 0 Å². The van der Waals surface area contributed by atoms with Gasteiger partial charge in [0.05, 0.1) is 0 Å². The summed E-state index contributed by atoms with van der Waals surface area (Å²) in [6.45, 7) is 0. The largest absolute Gasteiger partial charge is 0.0925 e. The van der Waals surface area contributed by atoms with Crippen molar-refractivity contribution >= 4 is 42.6 Å². The highest BCUT2D eigenvalue weighted by molar-refractivity contribution is 9.09. The lowest BCUT2D eigenvalue weighted by atomic mass is 9.97. The zero-order chi connectivity index (χ0) is 11.4. The minimum Gasteiger partial charge on any atom is -0.0925 e. The van der Waals surface area contributed by atoms with Crippen molar-refractivity contribution in [1.29, 1.82) is 0 Å². The summed E-state index contributed by atoms with van der Waals surface area (Å²) in [6.07, 6.45) is 1.12. The number of hydrogen-bond donors (Lipinski definition) is 0. The first-order chi connectivity index (χ1) is 7.85. The highest BCUT2D eigenvalue weighted by atomic mass is 79.9. The Morgan fingerprint density at radius 2 is 1.56 bits per heavy atom. The molecular weight excluding hydrogens is 328 g/mol. The van der Waals surface area contributed by atoms with Gasteiger partial charge in [0.2, 0.25) is 0 Å². The number of rotatable bonds is 4. The molecule has 2 aromatic carbocycles. The van der Waals surface area contributed by atoms with Crippen molar-refractivity contribution in [3.63, 3.8) is 0 Å². The van der Waals surface area contributed by atoms with Crippen molar-refractivity contribution in [1.82, 2.24) is 0 Å². The van der Waals surface area contributed by atoms with Gasteiger partial charge >= 0.3 is 0 Å². The average molecular weight is 342 g/mol. The van der Waals surface area contributed by atoms with Crippen LogP contribution in [0.25, 0.3) is 10.8 Å². The fourth-order valence-electron chi connectivity index (χ4n) is 1.93. The summed E-state index contributed by atoms with van der Waals surface area (Å²) in [7, 11) is 0. The first-order valence-corrected chi connectivity index (χ1v) is 7.68. The summed E-state index contributed by atoms with van der Waals surface area (Å²) >= 11 is 7.14. The van der Waals surface area contributed by atoms with E-state index < -0.39 is 0 Å². The highest BCUT2D eigenvalue weighted by Crippen LogP contribution is 2.22. The normalized spacial score (nSPS) is 11.2. The van der Waals surface area contributed by atoms with E-state index in [0.29, 0.717) is 5.92 Å². The molecule has 2 heteroatoms. The predicted molar refractivity (Wildman–Crippen MR) is 78.7 cm³/mol. The van der Waals surface area contributed by atoms with Gasteiger partial charge in [0, 0.05) is 10.7 Å². The number of halogens is 2. The molecule has 0 aliphatic heterocycles. The molecule has 0 spiro atoms. The molecule has 84 valence electrons. The molecule has 0 nitrogen and oxygen atoms in total. The molecule has 0 bridgehead atoms. The molecule has 0 aliphatic carbocycles. The Kier molecular flexibility index (Phi) is 4.42. The average Bonchev–Trinajstić information content (AvgIpc) is 2.36. The van der Waals surface area contributed by atoms with E-state index in [9.17, 15) is 0 Å². The van der Waals surface area contributed by atoms with Gasteiger partial charge in [0.15, 0.2) is 0 Å². The number of alkyl halides is 2. The zero-order valence-corrected chi connectivity index (χ0v) is 12.2. The van der Waals surface area contributed by atoms with E-state index in [-0.39, 0.29) is 0 Å². The van der Waals surface area contributed by atoms with Gasteiger partial charge in [-0.1, -0.05) is 74.3 Å². The maximum atomic E-state index is 3.57. The van der Waals surface area contributed by atoms with Crippen molar-refractivity contribution < 1.29 is 0 Å². The van der Waals surface area contributed by atoms with Crippen molar-refractivity contribution in [3.05, 3.63) is 48.0 Å². The molecule has 0 fully saturated rings. The Labute approximate surface area is 113 Å². The molecule has 0 heterocycles. The van der Waals surface area contributed by atoms with Crippen LogP contribution in [0.5, 0.6) is 0 Å². The van der Waals surface area contributed by atoms with Gasteiger partial charge in [0.1, 0.15) is 0 Å². The van der Waals surface area contributed by atoms with E-state index in [1.165, 1.54) is 16.3 Å². The van der Waals surface area contributed by atoms with Crippen LogP contribution in [0.3, 0.4) is 0 Å². The van der Waals surface area contributed by atoms with Gasteiger partial charge in [-0.05, 0) is 28.7 Å². The van der Waals surface area contributed by atoms with Crippen molar-refractivity contribution in [2.45, 2.75) is 6.42 Å². The second-order valence-corrected chi connectivity index (χ2v) is 5.31. The van der Waals surface area contributed by atoms with E-state index in [4.69, 9.17) is 0 Å². The summed E-state index contributed by atoms with van der Waals surface area (Å²) in [4.78, 5) is 0. The van der Waals surface area contributed by atoms with Crippen molar-refractivity contribution in [2.75, 3.05) is 10.7 Å². The van der Waals surface area contributed by atoms with Gasteiger partial charge in [-0.25, -0.2) is 0 Å². The van der Waals surface area contributed by atoms with E-state index in [0.717, 1.165) is 17.1 Å². The standard InChI is InChI=1S/C14H14Br2/c15-9-11(10-16)8-13-6-3-5-12-4-1-2-7-14(12)13/h1-7,11H,8-10H2. The number of benzene rings is 2. The molecule has 0 unspecified atom stereocenters. The lowest BCUT2D eigenvalue weighted by Gasteiger charge is -2.12. The van der Waals surface area contributed by atoms with Crippen LogP contribution in [0.1, 0.15) is 5.56 Å². The van der Waals surface area contributed by atoms with Crippen molar-refractivity contribution in [2.24, 2.45) is 5.92 Å². The van der Waals surface area contributed by atoms with E-state index in [1.54, 1.807) is 0 Å². The molecule has 0 saturated heterocycles. The Hall–Kier alpha value is -0.340. The van der Waals surface area contributed by atoms with Crippen LogP contribution >= 0.6 is 31.9 Å². The first-order valence-electron chi connectivity index (χ1n) is 5.43. The van der Waals surface area contributed by atoms with Crippen LogP contribution < -0.4 is 0 Å². The van der Waals surface area contributed by atoms with Crippen LogP contribution in [0.4, 0.5) is 0 Å². The number of fused-ring (bicyclic) bond motifs is 1. The lowest BCUT2D eigenvalue weighted by Crippen LogP contribution is -2.07. The zero-order valence-electron chi connectivity index (χ0n) is 9.00. The Morgan fingerprint density at radius 3 is 2.31 bits per heavy atom. The summed E-state index contributed by atoms with van der Waals surface area (Å²) in [6, 6.07) is 15.2. The van der Waals surface area contributed by atoms with Crippen LogP contribution in [-0.4, -0.2) is 10.7 Å². The minimum atomic E-state index is 0.658. The van der Waals surface area contributed by atoms with Crippen LogP contribution in [0, 0.1) is 5.92 Å². The third-order valence-corrected chi connectivity index (χ3v) is 4.66. The summed E-state index contributed by atoms with van der Waals surface area (Å²) in [5.41, 5.74) is 1.45. The quantitative estimate of drug-likeness (QED) is 0.701. The van der Waals surface area contributed by atoms with Crippen molar-refractivity contribution in [3.8, 4) is 0 Å². The number of hydrogen-bond acceptors (Lipinski definition) is 0. The highest BCUT2D eigenvalue weighted by Gasteiger charge is 2.08. The molecule has 0 aliphatic rings. The van der Waals surface area contributed by atoms with Crippen LogP contribution in [0.15, 0.2) is 42.5 Å². The molecule has 0 N–H and O–H groups in total. The first kappa shape index (κ1) is 12.1. The maximum Gasteiger partial charge on any atom is 0.00708 e. The second-order valence-electron chi connectivity index (χ2n) is 4.02. The van der Waals surface area contributed by atoms with Crippen LogP contribution in [0.2, 0.25) is 0 Å². The molecule has 0 amide bonds. The summed E-state index contributed by atoms with van der Waals surface area (Å²) in [5, 5.41) is 4.81. The molecule has 2 rings (SSSR count). The van der Waals surface area contributed by atoms with Gasteiger partial charge < -0.3 is 0 Å². The minimum absolute atomic E-state index is 0.658. The summed E-state index contributed by atoms with van der Waals surface area (Å²) < 4.78 is 0. The fraction of sp³-hybridized carbons (Fsp3) is 0.286. The van der Waals surface area contributed by atoms with E-state index in [2.05, 4.69) is 74.3 Å². The van der Waals surface area contributed by atoms with Gasteiger partial charge in [0.25, 0.3) is 0 Å². The third-order valence-electron chi connectivity index (χ3n) is 2.82. The molecule has 0 aromatic heterocycles. The Bertz CT molecular complexity index is 456. The molecular formula is C14H14Br2. The molecule has 0 saturated carbocycles.